The monoisotopic (exact) mass is 288 g/mol. The second kappa shape index (κ2) is 8.04. The van der Waals surface area contributed by atoms with E-state index >= 15 is 0 Å². The van der Waals surface area contributed by atoms with Crippen molar-refractivity contribution in [3.63, 3.8) is 0 Å². The fraction of sp³-hybridized carbons (Fsp3) is 0.529. The van der Waals surface area contributed by atoms with Crippen LogP contribution in [0.5, 0.6) is 5.75 Å². The Balaban J connectivity index is 2.23. The fourth-order valence-corrected chi connectivity index (χ4v) is 2.59. The van der Waals surface area contributed by atoms with Gasteiger partial charge in [-0.25, -0.2) is 0 Å². The standard InChI is InChI=1S/C17H24N2O2/c1-3-16-13-21-10-9-19(16)12-15-11-17(20-2)7-6-14(15)5-4-8-18/h6-7,11,16H,3,8-10,12-13,18H2,1-2H3. The lowest BCUT2D eigenvalue weighted by atomic mass is 10.0. The zero-order valence-electron chi connectivity index (χ0n) is 12.9. The van der Waals surface area contributed by atoms with E-state index in [0.717, 1.165) is 44.0 Å². The average molecular weight is 288 g/mol. The third kappa shape index (κ3) is 4.21. The normalized spacial score (nSPS) is 18.9. The second-order valence-electron chi connectivity index (χ2n) is 5.14. The third-order valence-electron chi connectivity index (χ3n) is 3.83. The van der Waals surface area contributed by atoms with Crippen LogP contribution in [0.2, 0.25) is 0 Å². The Bertz CT molecular complexity index is 519. The van der Waals surface area contributed by atoms with E-state index in [2.05, 4.69) is 29.7 Å². The zero-order valence-corrected chi connectivity index (χ0v) is 12.9. The van der Waals surface area contributed by atoms with Gasteiger partial charge in [-0.3, -0.25) is 4.90 Å². The van der Waals surface area contributed by atoms with E-state index in [1.54, 1.807) is 7.11 Å². The van der Waals surface area contributed by atoms with Gasteiger partial charge in [-0.15, -0.1) is 0 Å². The van der Waals surface area contributed by atoms with Crippen molar-refractivity contribution < 1.29 is 9.47 Å². The summed E-state index contributed by atoms with van der Waals surface area (Å²) >= 11 is 0. The third-order valence-corrected chi connectivity index (χ3v) is 3.83. The van der Waals surface area contributed by atoms with Gasteiger partial charge in [0.1, 0.15) is 5.75 Å². The maximum Gasteiger partial charge on any atom is 0.119 e. The van der Waals surface area contributed by atoms with Crippen molar-refractivity contribution in [1.82, 2.24) is 4.90 Å². The van der Waals surface area contributed by atoms with Crippen LogP contribution >= 0.6 is 0 Å². The Morgan fingerprint density at radius 1 is 1.48 bits per heavy atom. The smallest absolute Gasteiger partial charge is 0.119 e. The molecule has 4 nitrogen and oxygen atoms in total. The van der Waals surface area contributed by atoms with Crippen LogP contribution in [0.15, 0.2) is 18.2 Å². The molecule has 0 amide bonds. The van der Waals surface area contributed by atoms with Gasteiger partial charge in [0.2, 0.25) is 0 Å². The summed E-state index contributed by atoms with van der Waals surface area (Å²) in [6.07, 6.45) is 1.09. The first kappa shape index (κ1) is 15.8. The Morgan fingerprint density at radius 3 is 3.05 bits per heavy atom. The number of hydrogen-bond donors (Lipinski definition) is 1. The highest BCUT2D eigenvalue weighted by molar-refractivity contribution is 5.45. The molecule has 0 bridgehead atoms. The Kier molecular flexibility index (Phi) is 6.06. The van der Waals surface area contributed by atoms with Crippen LogP contribution in [0.4, 0.5) is 0 Å². The number of methoxy groups -OCH3 is 1. The molecule has 1 atom stereocenters. The van der Waals surface area contributed by atoms with Crippen LogP contribution in [0.3, 0.4) is 0 Å². The number of rotatable bonds is 4. The highest BCUT2D eigenvalue weighted by atomic mass is 16.5. The summed E-state index contributed by atoms with van der Waals surface area (Å²) in [5, 5.41) is 0. The molecule has 1 fully saturated rings. The summed E-state index contributed by atoms with van der Waals surface area (Å²) < 4.78 is 10.9. The van der Waals surface area contributed by atoms with Gasteiger partial charge < -0.3 is 15.2 Å². The molecular weight excluding hydrogens is 264 g/mol. The van der Waals surface area contributed by atoms with E-state index in [0.29, 0.717) is 12.6 Å². The molecule has 1 aromatic rings. The molecule has 0 aromatic heterocycles. The lowest BCUT2D eigenvalue weighted by Crippen LogP contribution is -2.44. The Hall–Kier alpha value is -1.54. The van der Waals surface area contributed by atoms with Gasteiger partial charge >= 0.3 is 0 Å². The van der Waals surface area contributed by atoms with Crippen molar-refractivity contribution in [1.29, 1.82) is 0 Å². The predicted molar refractivity (Wildman–Crippen MR) is 84.2 cm³/mol. The molecular formula is C17H24N2O2. The highest BCUT2D eigenvalue weighted by Gasteiger charge is 2.22. The van der Waals surface area contributed by atoms with Crippen LogP contribution < -0.4 is 10.5 Å². The number of benzene rings is 1. The van der Waals surface area contributed by atoms with Crippen molar-refractivity contribution in [2.24, 2.45) is 5.73 Å². The van der Waals surface area contributed by atoms with Gasteiger partial charge in [0.25, 0.3) is 0 Å². The minimum absolute atomic E-state index is 0.376. The molecule has 1 unspecified atom stereocenters. The molecule has 4 heteroatoms. The van der Waals surface area contributed by atoms with E-state index in [9.17, 15) is 0 Å². The molecule has 21 heavy (non-hydrogen) atoms. The molecule has 114 valence electrons. The van der Waals surface area contributed by atoms with Gasteiger partial charge in [-0.05, 0) is 30.2 Å². The number of nitrogens with two attached hydrogens (primary N) is 1. The predicted octanol–water partition coefficient (Wildman–Crippen LogP) is 1.62. The first-order valence-corrected chi connectivity index (χ1v) is 7.46. The maximum atomic E-state index is 5.57. The first-order chi connectivity index (χ1) is 10.3. The van der Waals surface area contributed by atoms with Crippen molar-refractivity contribution in [3.8, 4) is 17.6 Å². The van der Waals surface area contributed by atoms with Gasteiger partial charge in [0, 0.05) is 24.7 Å². The largest absolute Gasteiger partial charge is 0.497 e. The maximum absolute atomic E-state index is 5.57. The minimum atomic E-state index is 0.376. The minimum Gasteiger partial charge on any atom is -0.497 e. The lowest BCUT2D eigenvalue weighted by Gasteiger charge is -2.35. The van der Waals surface area contributed by atoms with Crippen molar-refractivity contribution in [2.45, 2.75) is 25.9 Å². The molecule has 2 rings (SSSR count). The van der Waals surface area contributed by atoms with Gasteiger partial charge in [0.15, 0.2) is 0 Å². The topological polar surface area (TPSA) is 47.7 Å². The van der Waals surface area contributed by atoms with Crippen LogP contribution in [0.25, 0.3) is 0 Å². The molecule has 1 aromatic carbocycles. The number of ether oxygens (including phenoxy) is 2. The zero-order chi connectivity index (χ0) is 15.1. The Labute approximate surface area is 127 Å². The molecule has 0 saturated carbocycles. The van der Waals surface area contributed by atoms with E-state index in [1.807, 2.05) is 12.1 Å². The van der Waals surface area contributed by atoms with E-state index in [4.69, 9.17) is 15.2 Å². The van der Waals surface area contributed by atoms with Gasteiger partial charge in [-0.1, -0.05) is 18.8 Å². The SMILES string of the molecule is CCC1COCCN1Cc1cc(OC)ccc1C#CCN. The van der Waals surface area contributed by atoms with Crippen molar-refractivity contribution >= 4 is 0 Å². The van der Waals surface area contributed by atoms with E-state index in [1.165, 1.54) is 5.56 Å². The molecule has 1 aliphatic heterocycles. The molecule has 0 spiro atoms. The van der Waals surface area contributed by atoms with Gasteiger partial charge in [-0.2, -0.15) is 0 Å². The summed E-state index contributed by atoms with van der Waals surface area (Å²) in [6.45, 7) is 6.01. The Morgan fingerprint density at radius 2 is 2.33 bits per heavy atom. The molecule has 0 aliphatic carbocycles. The molecule has 1 heterocycles. The molecule has 2 N–H and O–H groups in total. The number of morpholine rings is 1. The fourth-order valence-electron chi connectivity index (χ4n) is 2.59. The summed E-state index contributed by atoms with van der Waals surface area (Å²) in [7, 11) is 1.69. The summed E-state index contributed by atoms with van der Waals surface area (Å²) in [5.41, 5.74) is 7.71. The first-order valence-electron chi connectivity index (χ1n) is 7.46. The molecule has 1 saturated heterocycles. The van der Waals surface area contributed by atoms with Crippen LogP contribution in [0.1, 0.15) is 24.5 Å². The number of hydrogen-bond acceptors (Lipinski definition) is 4. The summed E-state index contributed by atoms with van der Waals surface area (Å²) in [6, 6.07) is 6.50. The van der Waals surface area contributed by atoms with Crippen LogP contribution in [-0.4, -0.2) is 44.4 Å². The van der Waals surface area contributed by atoms with Crippen molar-refractivity contribution in [3.05, 3.63) is 29.3 Å². The van der Waals surface area contributed by atoms with E-state index in [-0.39, 0.29) is 0 Å². The van der Waals surface area contributed by atoms with Crippen LogP contribution in [-0.2, 0) is 11.3 Å². The second-order valence-corrected chi connectivity index (χ2v) is 5.14. The highest BCUT2D eigenvalue weighted by Crippen LogP contribution is 2.21. The lowest BCUT2D eigenvalue weighted by molar-refractivity contribution is -0.0127. The molecule has 1 aliphatic rings. The summed E-state index contributed by atoms with van der Waals surface area (Å²) in [4.78, 5) is 2.46. The summed E-state index contributed by atoms with van der Waals surface area (Å²) in [5.74, 6) is 6.96. The quantitative estimate of drug-likeness (QED) is 0.855. The molecule has 0 radical (unpaired) electrons. The van der Waals surface area contributed by atoms with E-state index < -0.39 is 0 Å². The van der Waals surface area contributed by atoms with Crippen molar-refractivity contribution in [2.75, 3.05) is 33.4 Å². The van der Waals surface area contributed by atoms with Crippen LogP contribution in [0, 0.1) is 11.8 Å². The number of nitrogens with zero attached hydrogens (tertiary/aromatic N) is 1. The average Bonchev–Trinajstić information content (AvgIpc) is 2.54. The van der Waals surface area contributed by atoms with Gasteiger partial charge in [0.05, 0.1) is 26.9 Å².